The molecule has 0 radical (unpaired) electrons. The molecule has 11 heteroatoms. The van der Waals surface area contributed by atoms with E-state index in [2.05, 4.69) is 15.1 Å². The quantitative estimate of drug-likeness (QED) is 0.427. The Bertz CT molecular complexity index is 729. The predicted molar refractivity (Wildman–Crippen MR) is 73.8 cm³/mol. The zero-order valence-corrected chi connectivity index (χ0v) is 11.4. The van der Waals surface area contributed by atoms with E-state index in [9.17, 15) is 18.5 Å². The highest BCUT2D eigenvalue weighted by atomic mass is 32.2. The van der Waals surface area contributed by atoms with E-state index in [1.54, 1.807) is 5.38 Å². The summed E-state index contributed by atoms with van der Waals surface area (Å²) in [5, 5.41) is 12.5. The van der Waals surface area contributed by atoms with Gasteiger partial charge in [-0.1, -0.05) is 0 Å². The Morgan fingerprint density at radius 3 is 2.70 bits per heavy atom. The molecule has 0 spiro atoms. The minimum absolute atomic E-state index is 0.0413. The van der Waals surface area contributed by atoms with Crippen LogP contribution in [0.2, 0.25) is 0 Å². The molecule has 0 fully saturated rings. The molecule has 2 rings (SSSR count). The van der Waals surface area contributed by atoms with E-state index >= 15 is 0 Å². The molecule has 0 aliphatic rings. The lowest BCUT2D eigenvalue weighted by molar-refractivity contribution is -0.385. The topological polar surface area (TPSA) is 140 Å². The summed E-state index contributed by atoms with van der Waals surface area (Å²) in [5.41, 5.74) is 1.87. The average molecular weight is 315 g/mol. The molecule has 0 bridgehead atoms. The van der Waals surface area contributed by atoms with Gasteiger partial charge in [0, 0.05) is 23.7 Å². The Labute approximate surface area is 117 Å². The molecule has 0 aliphatic heterocycles. The lowest BCUT2D eigenvalue weighted by Gasteiger charge is -2.10. The number of nitrogens with zero attached hydrogens (tertiary/aromatic N) is 2. The van der Waals surface area contributed by atoms with Gasteiger partial charge in [-0.25, -0.2) is 13.4 Å². The van der Waals surface area contributed by atoms with Crippen molar-refractivity contribution in [2.75, 3.05) is 10.1 Å². The lowest BCUT2D eigenvalue weighted by atomic mass is 10.3. The van der Waals surface area contributed by atoms with E-state index < -0.39 is 14.9 Å². The number of thiazole rings is 1. The van der Waals surface area contributed by atoms with E-state index in [0.29, 0.717) is 0 Å². The molecule has 0 aliphatic carbocycles. The van der Waals surface area contributed by atoms with Crippen molar-refractivity contribution in [3.8, 4) is 0 Å². The molecule has 4 N–H and O–H groups in total. The van der Waals surface area contributed by atoms with E-state index in [1.165, 1.54) is 12.3 Å². The van der Waals surface area contributed by atoms with Crippen LogP contribution in [0.25, 0.3) is 0 Å². The van der Waals surface area contributed by atoms with Gasteiger partial charge in [0.2, 0.25) is 0 Å². The molecule has 0 saturated heterocycles. The number of aromatic nitrogens is 1. The van der Waals surface area contributed by atoms with Crippen LogP contribution in [0.3, 0.4) is 0 Å². The summed E-state index contributed by atoms with van der Waals surface area (Å²) in [5.74, 6) is 5.22. The largest absolute Gasteiger partial charge is 0.323 e. The van der Waals surface area contributed by atoms with Crippen LogP contribution in [0.15, 0.2) is 34.7 Å². The standard InChI is InChI=1S/C9H9N5O4S2/c10-12-7-2-1-6(14(15)16)5-8(7)20(17,18)13-9-11-3-4-19-9/h1-5,12H,10H2,(H,11,13). The summed E-state index contributed by atoms with van der Waals surface area (Å²) in [6.45, 7) is 0. The van der Waals surface area contributed by atoms with Crippen molar-refractivity contribution in [2.45, 2.75) is 4.90 Å². The number of anilines is 2. The van der Waals surface area contributed by atoms with Crippen molar-refractivity contribution in [1.82, 2.24) is 4.98 Å². The molecule has 20 heavy (non-hydrogen) atoms. The number of nitro groups is 1. The summed E-state index contributed by atoms with van der Waals surface area (Å²) in [6.07, 6.45) is 1.43. The van der Waals surface area contributed by atoms with Gasteiger partial charge in [0.05, 0.1) is 10.6 Å². The van der Waals surface area contributed by atoms with Crippen molar-refractivity contribution in [3.63, 3.8) is 0 Å². The second kappa shape index (κ2) is 5.40. The number of rotatable bonds is 5. The number of non-ortho nitro benzene ring substituents is 1. The Kier molecular flexibility index (Phi) is 3.83. The molecule has 0 atom stereocenters. The van der Waals surface area contributed by atoms with Gasteiger partial charge in [0.1, 0.15) is 4.90 Å². The fourth-order valence-electron chi connectivity index (χ4n) is 1.41. The third-order valence-electron chi connectivity index (χ3n) is 2.28. The second-order valence-electron chi connectivity index (χ2n) is 3.52. The lowest BCUT2D eigenvalue weighted by Crippen LogP contribution is -2.17. The molecule has 0 unspecified atom stereocenters. The zero-order valence-electron chi connectivity index (χ0n) is 9.81. The summed E-state index contributed by atoms with van der Waals surface area (Å²) in [7, 11) is -4.03. The van der Waals surface area contributed by atoms with Crippen LogP contribution in [0, 0.1) is 10.1 Å². The maximum atomic E-state index is 12.2. The first-order valence-corrected chi connectivity index (χ1v) is 7.47. The first-order chi connectivity index (χ1) is 9.44. The summed E-state index contributed by atoms with van der Waals surface area (Å²) >= 11 is 1.08. The van der Waals surface area contributed by atoms with Crippen LogP contribution in [-0.4, -0.2) is 18.3 Å². The first-order valence-electron chi connectivity index (χ1n) is 5.11. The predicted octanol–water partition coefficient (Wildman–Crippen LogP) is 1.14. The van der Waals surface area contributed by atoms with E-state index in [4.69, 9.17) is 5.84 Å². The van der Waals surface area contributed by atoms with Crippen LogP contribution in [0.1, 0.15) is 0 Å². The molecule has 1 heterocycles. The fraction of sp³-hybridized carbons (Fsp3) is 0. The summed E-state index contributed by atoms with van der Waals surface area (Å²) in [4.78, 5) is 13.5. The number of nitro benzene ring substituents is 1. The Morgan fingerprint density at radius 1 is 1.40 bits per heavy atom. The van der Waals surface area contributed by atoms with Crippen molar-refractivity contribution < 1.29 is 13.3 Å². The third-order valence-corrected chi connectivity index (χ3v) is 4.47. The normalized spacial score (nSPS) is 11.1. The number of hydrazine groups is 1. The van der Waals surface area contributed by atoms with Crippen LogP contribution >= 0.6 is 11.3 Å². The molecule has 1 aromatic heterocycles. The van der Waals surface area contributed by atoms with Crippen molar-refractivity contribution in [3.05, 3.63) is 39.9 Å². The van der Waals surface area contributed by atoms with E-state index in [-0.39, 0.29) is 21.4 Å². The molecular formula is C9H9N5O4S2. The summed E-state index contributed by atoms with van der Waals surface area (Å²) < 4.78 is 26.6. The second-order valence-corrected chi connectivity index (χ2v) is 6.07. The number of nitrogen functional groups attached to an aromatic ring is 1. The minimum atomic E-state index is -4.03. The number of hydrogen-bond acceptors (Lipinski definition) is 8. The zero-order chi connectivity index (χ0) is 14.8. The van der Waals surface area contributed by atoms with Gasteiger partial charge in [-0.15, -0.1) is 11.3 Å². The third kappa shape index (κ3) is 2.84. The number of nitrogens with two attached hydrogens (primary N) is 1. The number of benzene rings is 1. The highest BCUT2D eigenvalue weighted by molar-refractivity contribution is 7.93. The Balaban J connectivity index is 2.48. The first kappa shape index (κ1) is 14.2. The highest BCUT2D eigenvalue weighted by Crippen LogP contribution is 2.27. The van der Waals surface area contributed by atoms with Crippen molar-refractivity contribution in [2.24, 2.45) is 5.84 Å². The monoisotopic (exact) mass is 315 g/mol. The maximum absolute atomic E-state index is 12.2. The van der Waals surface area contributed by atoms with Gasteiger partial charge in [-0.3, -0.25) is 20.7 Å². The van der Waals surface area contributed by atoms with Gasteiger partial charge in [-0.05, 0) is 6.07 Å². The van der Waals surface area contributed by atoms with Crippen LogP contribution in [0.5, 0.6) is 0 Å². The van der Waals surface area contributed by atoms with Crippen LogP contribution in [0.4, 0.5) is 16.5 Å². The minimum Gasteiger partial charge on any atom is -0.323 e. The number of hydrogen-bond donors (Lipinski definition) is 3. The molecule has 1 aromatic carbocycles. The van der Waals surface area contributed by atoms with Gasteiger partial charge in [-0.2, -0.15) is 0 Å². The molecule has 0 saturated carbocycles. The van der Waals surface area contributed by atoms with Crippen molar-refractivity contribution >= 4 is 37.9 Å². The molecule has 9 nitrogen and oxygen atoms in total. The Morgan fingerprint density at radius 2 is 2.15 bits per heavy atom. The number of sulfonamides is 1. The maximum Gasteiger partial charge on any atom is 0.270 e. The Hall–Kier alpha value is -2.24. The van der Waals surface area contributed by atoms with Crippen LogP contribution < -0.4 is 16.0 Å². The fourth-order valence-corrected chi connectivity index (χ4v) is 3.39. The smallest absolute Gasteiger partial charge is 0.270 e. The summed E-state index contributed by atoms with van der Waals surface area (Å²) in [6, 6.07) is 3.29. The molecule has 0 amide bonds. The van der Waals surface area contributed by atoms with Gasteiger partial charge < -0.3 is 5.43 Å². The highest BCUT2D eigenvalue weighted by Gasteiger charge is 2.23. The van der Waals surface area contributed by atoms with E-state index in [1.807, 2.05) is 0 Å². The van der Waals surface area contributed by atoms with E-state index in [0.717, 1.165) is 23.5 Å². The van der Waals surface area contributed by atoms with Gasteiger partial charge in [0.25, 0.3) is 15.7 Å². The van der Waals surface area contributed by atoms with Crippen molar-refractivity contribution in [1.29, 1.82) is 0 Å². The average Bonchev–Trinajstić information content (AvgIpc) is 2.90. The van der Waals surface area contributed by atoms with Gasteiger partial charge >= 0.3 is 0 Å². The molecule has 2 aromatic rings. The SMILES string of the molecule is NNc1ccc([N+](=O)[O-])cc1S(=O)(=O)Nc1nccs1. The molecular weight excluding hydrogens is 306 g/mol. The molecule has 106 valence electrons. The van der Waals surface area contributed by atoms with Crippen LogP contribution in [-0.2, 0) is 10.0 Å². The number of nitrogens with one attached hydrogen (secondary N) is 2. The van der Waals surface area contributed by atoms with Gasteiger partial charge in [0.15, 0.2) is 5.13 Å².